The van der Waals surface area contributed by atoms with Crippen LogP contribution < -0.4 is 9.47 Å². The zero-order chi connectivity index (χ0) is 19.9. The van der Waals surface area contributed by atoms with Crippen LogP contribution in [-0.4, -0.2) is 40.6 Å². The van der Waals surface area contributed by atoms with Gasteiger partial charge in [0.15, 0.2) is 0 Å². The number of aliphatic hydroxyl groups is 2. The van der Waals surface area contributed by atoms with Crippen molar-refractivity contribution in [3.05, 3.63) is 59.7 Å². The van der Waals surface area contributed by atoms with E-state index in [2.05, 4.69) is 55.5 Å². The molecule has 2 unspecified atom stereocenters. The molecule has 0 saturated carbocycles. The van der Waals surface area contributed by atoms with Crippen LogP contribution in [0.1, 0.15) is 31.9 Å². The molecule has 0 aliphatic rings. The van der Waals surface area contributed by atoms with Gasteiger partial charge >= 0.3 is 0 Å². The minimum Gasteiger partial charge on any atom is -0.493 e. The second-order valence-electron chi connectivity index (χ2n) is 7.39. The zero-order valence-corrected chi connectivity index (χ0v) is 18.3. The van der Waals surface area contributed by atoms with Crippen molar-refractivity contribution in [3.8, 4) is 11.5 Å². The van der Waals surface area contributed by atoms with Crippen molar-refractivity contribution >= 4 is 22.6 Å². The Morgan fingerprint density at radius 3 is 1.74 bits per heavy atom. The van der Waals surface area contributed by atoms with Gasteiger partial charge < -0.3 is 19.7 Å². The molecule has 4 nitrogen and oxygen atoms in total. The van der Waals surface area contributed by atoms with Crippen molar-refractivity contribution in [2.75, 3.05) is 24.2 Å². The van der Waals surface area contributed by atoms with Crippen LogP contribution in [0.4, 0.5) is 0 Å². The maximum atomic E-state index is 9.37. The third kappa shape index (κ3) is 6.36. The fraction of sp³-hybridized carbons (Fsp3) is 0.455. The number of hydrogen-bond acceptors (Lipinski definition) is 4. The first-order valence-electron chi connectivity index (χ1n) is 9.18. The largest absolute Gasteiger partial charge is 0.493 e. The van der Waals surface area contributed by atoms with Crippen LogP contribution in [0.3, 0.4) is 0 Å². The molecule has 2 aromatic carbocycles. The second kappa shape index (κ2) is 10.3. The van der Waals surface area contributed by atoms with E-state index >= 15 is 0 Å². The summed E-state index contributed by atoms with van der Waals surface area (Å²) in [6.45, 7) is 7.07. The maximum absolute atomic E-state index is 9.37. The summed E-state index contributed by atoms with van der Waals surface area (Å²) in [6, 6.07) is 16.2. The van der Waals surface area contributed by atoms with Gasteiger partial charge in [-0.2, -0.15) is 0 Å². The fourth-order valence-corrected chi connectivity index (χ4v) is 2.88. The number of halogens is 1. The zero-order valence-electron chi connectivity index (χ0n) is 16.2. The molecule has 5 heteroatoms. The number of ether oxygens (including phenoxy) is 2. The van der Waals surface area contributed by atoms with Crippen LogP contribution in [0.25, 0.3) is 0 Å². The molecule has 0 fully saturated rings. The molecule has 0 aromatic heterocycles. The maximum Gasteiger partial charge on any atom is 0.119 e. The van der Waals surface area contributed by atoms with Gasteiger partial charge in [-0.25, -0.2) is 0 Å². The Balaban J connectivity index is 2.04. The molecule has 2 N–H and O–H groups in total. The summed E-state index contributed by atoms with van der Waals surface area (Å²) in [7, 11) is 0. The van der Waals surface area contributed by atoms with Gasteiger partial charge in [-0.1, -0.05) is 67.6 Å². The van der Waals surface area contributed by atoms with Gasteiger partial charge in [-0.15, -0.1) is 0 Å². The normalized spacial score (nSPS) is 13.9. The Morgan fingerprint density at radius 2 is 1.33 bits per heavy atom. The SMILES string of the molecule is CC(CI)COc1ccc(C(C)(C)c2ccc(OCC(O)CO)cc2)cc1. The first kappa shape index (κ1) is 22.0. The summed E-state index contributed by atoms with van der Waals surface area (Å²) < 4.78 is 12.4. The van der Waals surface area contributed by atoms with Crippen LogP contribution in [0.15, 0.2) is 48.5 Å². The molecular formula is C22H29IO4. The Kier molecular flexibility index (Phi) is 8.38. The van der Waals surface area contributed by atoms with E-state index in [9.17, 15) is 5.11 Å². The van der Waals surface area contributed by atoms with Crippen molar-refractivity contribution in [3.63, 3.8) is 0 Å². The van der Waals surface area contributed by atoms with E-state index in [1.165, 1.54) is 11.1 Å². The molecule has 0 bridgehead atoms. The first-order chi connectivity index (χ1) is 12.9. The quantitative estimate of drug-likeness (QED) is 0.392. The molecule has 0 amide bonds. The molecule has 0 spiro atoms. The summed E-state index contributed by atoms with van der Waals surface area (Å²) >= 11 is 2.38. The fourth-order valence-electron chi connectivity index (χ4n) is 2.63. The highest BCUT2D eigenvalue weighted by Crippen LogP contribution is 2.33. The Morgan fingerprint density at radius 1 is 0.889 bits per heavy atom. The third-order valence-electron chi connectivity index (χ3n) is 4.60. The number of hydrogen-bond donors (Lipinski definition) is 2. The van der Waals surface area contributed by atoms with Crippen molar-refractivity contribution in [2.45, 2.75) is 32.3 Å². The molecule has 2 atom stereocenters. The molecule has 0 saturated heterocycles. The number of rotatable bonds is 10. The summed E-state index contributed by atoms with van der Waals surface area (Å²) in [4.78, 5) is 0. The molecule has 0 radical (unpaired) electrons. The number of benzene rings is 2. The monoisotopic (exact) mass is 484 g/mol. The predicted octanol–water partition coefficient (Wildman–Crippen LogP) is 4.19. The highest BCUT2D eigenvalue weighted by Gasteiger charge is 2.23. The third-order valence-corrected chi connectivity index (χ3v) is 6.11. The van der Waals surface area contributed by atoms with Crippen molar-refractivity contribution in [1.29, 1.82) is 0 Å². The van der Waals surface area contributed by atoms with E-state index in [1.807, 2.05) is 36.4 Å². The Hall–Kier alpha value is -1.31. The molecule has 148 valence electrons. The lowest BCUT2D eigenvalue weighted by Crippen LogP contribution is -2.21. The summed E-state index contributed by atoms with van der Waals surface area (Å²) in [5, 5.41) is 18.2. The van der Waals surface area contributed by atoms with E-state index < -0.39 is 6.10 Å². The van der Waals surface area contributed by atoms with Crippen molar-refractivity contribution < 1.29 is 19.7 Å². The number of aliphatic hydroxyl groups excluding tert-OH is 2. The van der Waals surface area contributed by atoms with Gasteiger partial charge in [-0.3, -0.25) is 0 Å². The first-order valence-corrected chi connectivity index (χ1v) is 10.7. The van der Waals surface area contributed by atoms with E-state index in [-0.39, 0.29) is 18.6 Å². The van der Waals surface area contributed by atoms with Gasteiger partial charge in [0.2, 0.25) is 0 Å². The highest BCUT2D eigenvalue weighted by molar-refractivity contribution is 14.1. The molecule has 2 rings (SSSR count). The smallest absolute Gasteiger partial charge is 0.119 e. The molecular weight excluding hydrogens is 455 g/mol. The average Bonchev–Trinajstić information content (AvgIpc) is 2.70. The minimum absolute atomic E-state index is 0.0802. The standard InChI is InChI=1S/C22H29IO4/c1-16(12-23)14-26-20-8-4-17(5-9-20)22(2,3)18-6-10-21(11-7-18)27-15-19(25)13-24/h4-11,16,19,24-25H,12-15H2,1-3H3. The van der Waals surface area contributed by atoms with Gasteiger partial charge in [0.25, 0.3) is 0 Å². The summed E-state index contributed by atoms with van der Waals surface area (Å²) in [5.41, 5.74) is 2.22. The highest BCUT2D eigenvalue weighted by atomic mass is 127. The molecule has 0 heterocycles. The topological polar surface area (TPSA) is 58.9 Å². The van der Waals surface area contributed by atoms with Crippen LogP contribution in [-0.2, 0) is 5.41 Å². The lowest BCUT2D eigenvalue weighted by Gasteiger charge is -2.26. The van der Waals surface area contributed by atoms with E-state index in [1.54, 1.807) is 0 Å². The van der Waals surface area contributed by atoms with Crippen LogP contribution in [0, 0.1) is 5.92 Å². The van der Waals surface area contributed by atoms with Crippen LogP contribution in [0.2, 0.25) is 0 Å². The van der Waals surface area contributed by atoms with Gasteiger partial charge in [0, 0.05) is 9.84 Å². The molecule has 27 heavy (non-hydrogen) atoms. The van der Waals surface area contributed by atoms with E-state index in [0.717, 1.165) is 16.8 Å². The Labute approximate surface area is 175 Å². The average molecular weight is 484 g/mol. The summed E-state index contributed by atoms with van der Waals surface area (Å²) in [6.07, 6.45) is -0.860. The lowest BCUT2D eigenvalue weighted by atomic mass is 9.78. The van der Waals surface area contributed by atoms with Gasteiger partial charge in [0.05, 0.1) is 13.2 Å². The minimum atomic E-state index is -0.860. The van der Waals surface area contributed by atoms with Crippen molar-refractivity contribution in [1.82, 2.24) is 0 Å². The molecule has 2 aromatic rings. The van der Waals surface area contributed by atoms with E-state index in [4.69, 9.17) is 14.6 Å². The lowest BCUT2D eigenvalue weighted by molar-refractivity contribution is 0.0536. The van der Waals surface area contributed by atoms with Crippen molar-refractivity contribution in [2.24, 2.45) is 5.92 Å². The van der Waals surface area contributed by atoms with Gasteiger partial charge in [0.1, 0.15) is 24.2 Å². The van der Waals surface area contributed by atoms with Gasteiger partial charge in [-0.05, 0) is 41.3 Å². The number of alkyl halides is 1. The van der Waals surface area contributed by atoms with Crippen LogP contribution >= 0.6 is 22.6 Å². The van der Waals surface area contributed by atoms with Crippen LogP contribution in [0.5, 0.6) is 11.5 Å². The summed E-state index contributed by atoms with van der Waals surface area (Å²) in [5.74, 6) is 2.12. The van der Waals surface area contributed by atoms with E-state index in [0.29, 0.717) is 11.7 Å². The Bertz CT molecular complexity index is 623. The second-order valence-corrected chi connectivity index (χ2v) is 8.27. The molecule has 0 aliphatic carbocycles. The molecule has 0 aliphatic heterocycles. The predicted molar refractivity (Wildman–Crippen MR) is 117 cm³/mol.